The third-order valence-corrected chi connectivity index (χ3v) is 3.41. The molecule has 1 aromatic rings. The van der Waals surface area contributed by atoms with Crippen LogP contribution >= 0.6 is 0 Å². The molecule has 0 aliphatic carbocycles. The summed E-state index contributed by atoms with van der Waals surface area (Å²) in [5.74, 6) is 0.0983. The van der Waals surface area contributed by atoms with Crippen LogP contribution in [0.3, 0.4) is 0 Å². The quantitative estimate of drug-likeness (QED) is 0.880. The first-order valence-electron chi connectivity index (χ1n) is 6.43. The van der Waals surface area contributed by atoms with Crippen molar-refractivity contribution in [2.75, 3.05) is 36.5 Å². The lowest BCUT2D eigenvalue weighted by atomic mass is 10.1. The van der Waals surface area contributed by atoms with E-state index in [0.29, 0.717) is 25.1 Å². The van der Waals surface area contributed by atoms with Crippen molar-refractivity contribution in [3.63, 3.8) is 0 Å². The lowest BCUT2D eigenvalue weighted by molar-refractivity contribution is -0.118. The maximum Gasteiger partial charge on any atom is 0.228 e. The van der Waals surface area contributed by atoms with Crippen molar-refractivity contribution in [3.05, 3.63) is 23.8 Å². The Bertz CT molecular complexity index is 521. The summed E-state index contributed by atoms with van der Waals surface area (Å²) in [4.78, 5) is 15.8. The Labute approximate surface area is 113 Å². The largest absolute Gasteiger partial charge is 0.369 e. The monoisotopic (exact) mass is 258 g/mol. The second-order valence-corrected chi connectivity index (χ2v) is 4.65. The topological polar surface area (TPSA) is 73.4 Å². The molecular weight excluding hydrogens is 240 g/mol. The standard InChI is InChI=1S/C14H18N4O/c1-17-12-4-3-11(10-16)9-13(12)18(7-2-6-15)8-5-14(17)19/h3-4,9H,2,5-8,15H2,1H3. The van der Waals surface area contributed by atoms with Gasteiger partial charge in [-0.3, -0.25) is 4.79 Å². The molecule has 0 fully saturated rings. The van der Waals surface area contributed by atoms with E-state index in [4.69, 9.17) is 11.0 Å². The molecule has 1 aliphatic heterocycles. The Kier molecular flexibility index (Phi) is 4.03. The number of nitriles is 1. The van der Waals surface area contributed by atoms with E-state index >= 15 is 0 Å². The summed E-state index contributed by atoms with van der Waals surface area (Å²) in [6, 6.07) is 7.58. The van der Waals surface area contributed by atoms with Gasteiger partial charge < -0.3 is 15.5 Å². The highest BCUT2D eigenvalue weighted by atomic mass is 16.2. The van der Waals surface area contributed by atoms with Crippen LogP contribution < -0.4 is 15.5 Å². The van der Waals surface area contributed by atoms with Gasteiger partial charge in [0.2, 0.25) is 5.91 Å². The number of nitrogens with zero attached hydrogens (tertiary/aromatic N) is 3. The van der Waals surface area contributed by atoms with Gasteiger partial charge in [-0.05, 0) is 31.2 Å². The molecule has 0 saturated carbocycles. The van der Waals surface area contributed by atoms with E-state index in [2.05, 4.69) is 11.0 Å². The molecule has 0 spiro atoms. The first-order valence-corrected chi connectivity index (χ1v) is 6.43. The number of hydrogen-bond acceptors (Lipinski definition) is 4. The van der Waals surface area contributed by atoms with Crippen molar-refractivity contribution in [3.8, 4) is 6.07 Å². The van der Waals surface area contributed by atoms with Gasteiger partial charge in [-0.15, -0.1) is 0 Å². The second kappa shape index (κ2) is 5.72. The zero-order valence-electron chi connectivity index (χ0n) is 11.1. The van der Waals surface area contributed by atoms with Gasteiger partial charge in [0.05, 0.1) is 23.0 Å². The third kappa shape index (κ3) is 2.69. The molecule has 2 N–H and O–H groups in total. The van der Waals surface area contributed by atoms with Gasteiger partial charge in [-0.1, -0.05) is 0 Å². The summed E-state index contributed by atoms with van der Waals surface area (Å²) >= 11 is 0. The molecule has 0 atom stereocenters. The Morgan fingerprint density at radius 1 is 1.42 bits per heavy atom. The predicted octanol–water partition coefficient (Wildman–Crippen LogP) is 1.08. The van der Waals surface area contributed by atoms with Crippen molar-refractivity contribution in [1.82, 2.24) is 0 Å². The second-order valence-electron chi connectivity index (χ2n) is 4.65. The lowest BCUT2D eigenvalue weighted by Gasteiger charge is -2.25. The Balaban J connectivity index is 2.43. The summed E-state index contributed by atoms with van der Waals surface area (Å²) in [5, 5.41) is 9.02. The van der Waals surface area contributed by atoms with E-state index in [1.54, 1.807) is 18.0 Å². The van der Waals surface area contributed by atoms with Gasteiger partial charge in [0.15, 0.2) is 0 Å². The lowest BCUT2D eigenvalue weighted by Crippen LogP contribution is -2.27. The van der Waals surface area contributed by atoms with E-state index in [0.717, 1.165) is 24.3 Å². The molecule has 1 aliphatic rings. The molecule has 0 bridgehead atoms. The van der Waals surface area contributed by atoms with Crippen LogP contribution in [0.5, 0.6) is 0 Å². The molecule has 5 nitrogen and oxygen atoms in total. The van der Waals surface area contributed by atoms with Gasteiger partial charge in [0.25, 0.3) is 0 Å². The van der Waals surface area contributed by atoms with Crippen LogP contribution in [0.4, 0.5) is 11.4 Å². The SMILES string of the molecule is CN1C(=O)CCN(CCCN)c2cc(C#N)ccc21. The first-order chi connectivity index (χ1) is 9.17. The van der Waals surface area contributed by atoms with E-state index in [1.807, 2.05) is 12.1 Å². The fourth-order valence-corrected chi connectivity index (χ4v) is 2.30. The summed E-state index contributed by atoms with van der Waals surface area (Å²) in [7, 11) is 1.78. The summed E-state index contributed by atoms with van der Waals surface area (Å²) in [6.45, 7) is 2.10. The summed E-state index contributed by atoms with van der Waals surface area (Å²) in [6.07, 6.45) is 1.35. The molecule has 0 unspecified atom stereocenters. The molecule has 19 heavy (non-hydrogen) atoms. The van der Waals surface area contributed by atoms with E-state index in [9.17, 15) is 4.79 Å². The summed E-state index contributed by atoms with van der Waals surface area (Å²) in [5.41, 5.74) is 7.97. The Hall–Kier alpha value is -2.06. The van der Waals surface area contributed by atoms with Crippen LogP contribution in [0.25, 0.3) is 0 Å². The number of carbonyl (C=O) groups excluding carboxylic acids is 1. The predicted molar refractivity (Wildman–Crippen MR) is 75.1 cm³/mol. The smallest absolute Gasteiger partial charge is 0.228 e. The third-order valence-electron chi connectivity index (χ3n) is 3.41. The van der Waals surface area contributed by atoms with Gasteiger partial charge in [-0.2, -0.15) is 5.26 Å². The molecule has 1 amide bonds. The highest BCUT2D eigenvalue weighted by Gasteiger charge is 2.23. The molecule has 1 heterocycles. The number of benzene rings is 1. The van der Waals surface area contributed by atoms with Crippen molar-refractivity contribution >= 4 is 17.3 Å². The Morgan fingerprint density at radius 3 is 2.89 bits per heavy atom. The maximum absolute atomic E-state index is 12.0. The molecule has 1 aromatic carbocycles. The fraction of sp³-hybridized carbons (Fsp3) is 0.429. The zero-order chi connectivity index (χ0) is 13.8. The normalized spacial score (nSPS) is 14.9. The molecule has 5 heteroatoms. The highest BCUT2D eigenvalue weighted by Crippen LogP contribution is 2.32. The highest BCUT2D eigenvalue weighted by molar-refractivity contribution is 5.98. The van der Waals surface area contributed by atoms with Crippen LogP contribution in [0.1, 0.15) is 18.4 Å². The van der Waals surface area contributed by atoms with Crippen LogP contribution in [0.15, 0.2) is 18.2 Å². The van der Waals surface area contributed by atoms with E-state index in [-0.39, 0.29) is 5.91 Å². The van der Waals surface area contributed by atoms with Gasteiger partial charge in [0, 0.05) is 26.6 Å². The van der Waals surface area contributed by atoms with Crippen molar-refractivity contribution in [1.29, 1.82) is 5.26 Å². The number of rotatable bonds is 3. The van der Waals surface area contributed by atoms with Crippen molar-refractivity contribution in [2.45, 2.75) is 12.8 Å². The minimum absolute atomic E-state index is 0.0983. The molecular formula is C14H18N4O. The molecule has 2 rings (SSSR count). The zero-order valence-corrected chi connectivity index (χ0v) is 11.1. The number of carbonyl (C=O) groups is 1. The van der Waals surface area contributed by atoms with E-state index in [1.165, 1.54) is 0 Å². The minimum atomic E-state index is 0.0983. The van der Waals surface area contributed by atoms with E-state index < -0.39 is 0 Å². The maximum atomic E-state index is 12.0. The number of fused-ring (bicyclic) bond motifs is 1. The Morgan fingerprint density at radius 2 is 2.21 bits per heavy atom. The van der Waals surface area contributed by atoms with Crippen LogP contribution in [-0.4, -0.2) is 32.6 Å². The average molecular weight is 258 g/mol. The van der Waals surface area contributed by atoms with Gasteiger partial charge in [0.1, 0.15) is 0 Å². The van der Waals surface area contributed by atoms with Crippen molar-refractivity contribution < 1.29 is 4.79 Å². The van der Waals surface area contributed by atoms with Crippen LogP contribution in [-0.2, 0) is 4.79 Å². The molecule has 0 aromatic heterocycles. The number of anilines is 2. The molecule has 100 valence electrons. The molecule has 0 saturated heterocycles. The van der Waals surface area contributed by atoms with Crippen LogP contribution in [0.2, 0.25) is 0 Å². The van der Waals surface area contributed by atoms with Gasteiger partial charge >= 0.3 is 0 Å². The first kappa shape index (κ1) is 13.4. The fourth-order valence-electron chi connectivity index (χ4n) is 2.30. The number of nitrogens with two attached hydrogens (primary N) is 1. The van der Waals surface area contributed by atoms with Crippen LogP contribution in [0, 0.1) is 11.3 Å². The molecule has 0 radical (unpaired) electrons. The average Bonchev–Trinajstić information content (AvgIpc) is 2.56. The van der Waals surface area contributed by atoms with Gasteiger partial charge in [-0.25, -0.2) is 0 Å². The minimum Gasteiger partial charge on any atom is -0.369 e. The number of amides is 1. The number of hydrogen-bond donors (Lipinski definition) is 1. The summed E-state index contributed by atoms with van der Waals surface area (Å²) < 4.78 is 0. The van der Waals surface area contributed by atoms with Crippen molar-refractivity contribution in [2.24, 2.45) is 5.73 Å².